The van der Waals surface area contributed by atoms with Gasteiger partial charge in [-0.1, -0.05) is 12.1 Å². The van der Waals surface area contributed by atoms with Crippen molar-refractivity contribution in [1.29, 1.82) is 0 Å². The summed E-state index contributed by atoms with van der Waals surface area (Å²) in [5, 5.41) is 10.8. The maximum Gasteiger partial charge on any atom is 0.318 e. The average Bonchev–Trinajstić information content (AvgIpc) is 3.05. The number of nitrogens with zero attached hydrogens (tertiary/aromatic N) is 4. The number of hydrogen-bond acceptors (Lipinski definition) is 5. The lowest BCUT2D eigenvalue weighted by Crippen LogP contribution is -2.48. The van der Waals surface area contributed by atoms with Crippen LogP contribution in [0.2, 0.25) is 0 Å². The normalized spacial score (nSPS) is 17.0. The Hall–Kier alpha value is -2.77. The fraction of sp³-hybridized carbons (Fsp3) is 0.471. The molecule has 0 spiro atoms. The summed E-state index contributed by atoms with van der Waals surface area (Å²) in [6.07, 6.45) is 1.41. The molecule has 2 amide bonds. The van der Waals surface area contributed by atoms with Crippen LogP contribution in [0.25, 0.3) is 0 Å². The molecule has 0 bridgehead atoms. The number of para-hydroxylation sites is 2. The molecule has 2 heterocycles. The number of amides is 2. The predicted octanol–water partition coefficient (Wildman–Crippen LogP) is 1.75. The lowest BCUT2D eigenvalue weighted by molar-refractivity contribution is 0.0671. The topological polar surface area (TPSA) is 81.5 Å². The van der Waals surface area contributed by atoms with E-state index in [-0.39, 0.29) is 18.2 Å². The minimum atomic E-state index is -0.238. The molecule has 1 aliphatic rings. The average molecular weight is 345 g/mol. The summed E-state index contributed by atoms with van der Waals surface area (Å²) in [5.74, 6) is 2.15. The predicted molar refractivity (Wildman–Crippen MR) is 91.5 cm³/mol. The number of aryl methyl sites for hydroxylation is 1. The van der Waals surface area contributed by atoms with Crippen LogP contribution < -0.4 is 14.8 Å². The highest BCUT2D eigenvalue weighted by molar-refractivity contribution is 5.74. The van der Waals surface area contributed by atoms with E-state index in [1.807, 2.05) is 45.2 Å². The first kappa shape index (κ1) is 17.1. The second kappa shape index (κ2) is 7.42. The summed E-state index contributed by atoms with van der Waals surface area (Å²) in [5.41, 5.74) is 0. The summed E-state index contributed by atoms with van der Waals surface area (Å²) in [7, 11) is 1.85. The number of aromatic nitrogens is 3. The second-order valence-corrected chi connectivity index (χ2v) is 6.01. The number of benzene rings is 1. The molecule has 8 nitrogen and oxygen atoms in total. The molecule has 0 unspecified atom stereocenters. The monoisotopic (exact) mass is 345 g/mol. The standard InChI is InChI=1S/C17H23N5O3/c1-4-22(17(23)19-12(2)16-20-18-11-21(16)3)9-13-10-24-14-7-5-6-8-15(14)25-13/h5-8,11-13H,4,9-10H2,1-3H3,(H,19,23)/t12-,13-/m1/s1. The smallest absolute Gasteiger partial charge is 0.318 e. The first-order valence-corrected chi connectivity index (χ1v) is 8.36. The lowest BCUT2D eigenvalue weighted by atomic mass is 10.2. The van der Waals surface area contributed by atoms with Crippen molar-refractivity contribution >= 4 is 6.03 Å². The highest BCUT2D eigenvalue weighted by atomic mass is 16.6. The third kappa shape index (κ3) is 3.84. The number of likely N-dealkylation sites (N-methyl/N-ethyl adjacent to an activating group) is 1. The van der Waals surface area contributed by atoms with Crippen LogP contribution in [0.15, 0.2) is 30.6 Å². The molecule has 1 aromatic heterocycles. The Kier molecular flexibility index (Phi) is 5.06. The van der Waals surface area contributed by atoms with Gasteiger partial charge in [-0.05, 0) is 26.0 Å². The number of carbonyl (C=O) groups is 1. The van der Waals surface area contributed by atoms with E-state index in [2.05, 4.69) is 15.5 Å². The molecule has 0 saturated heterocycles. The molecular formula is C17H23N5O3. The van der Waals surface area contributed by atoms with Gasteiger partial charge in [-0.15, -0.1) is 10.2 Å². The summed E-state index contributed by atoms with van der Waals surface area (Å²) in [6, 6.07) is 7.14. The van der Waals surface area contributed by atoms with Gasteiger partial charge in [-0.2, -0.15) is 0 Å². The Morgan fingerprint density at radius 2 is 2.20 bits per heavy atom. The SMILES string of the molecule is CCN(C[C@@H]1COc2ccccc2O1)C(=O)N[C@H](C)c1nncn1C. The highest BCUT2D eigenvalue weighted by Gasteiger charge is 2.26. The maximum absolute atomic E-state index is 12.6. The molecule has 1 aliphatic heterocycles. The van der Waals surface area contributed by atoms with Crippen molar-refractivity contribution in [2.24, 2.45) is 7.05 Å². The first-order chi connectivity index (χ1) is 12.1. The van der Waals surface area contributed by atoms with Crippen LogP contribution in [0.1, 0.15) is 25.7 Å². The van der Waals surface area contributed by atoms with Crippen LogP contribution in [0.4, 0.5) is 4.79 Å². The van der Waals surface area contributed by atoms with Crippen LogP contribution in [0, 0.1) is 0 Å². The van der Waals surface area contributed by atoms with Crippen molar-refractivity contribution in [3.8, 4) is 11.5 Å². The van der Waals surface area contributed by atoms with Crippen molar-refractivity contribution in [2.45, 2.75) is 26.0 Å². The largest absolute Gasteiger partial charge is 0.486 e. The van der Waals surface area contributed by atoms with Gasteiger partial charge in [0.25, 0.3) is 0 Å². The van der Waals surface area contributed by atoms with Crippen molar-refractivity contribution in [3.05, 3.63) is 36.4 Å². The van der Waals surface area contributed by atoms with E-state index >= 15 is 0 Å². The number of nitrogens with one attached hydrogen (secondary N) is 1. The lowest BCUT2D eigenvalue weighted by Gasteiger charge is -2.31. The number of carbonyl (C=O) groups excluding carboxylic acids is 1. The third-order valence-electron chi connectivity index (χ3n) is 4.13. The van der Waals surface area contributed by atoms with Crippen LogP contribution in [0.5, 0.6) is 11.5 Å². The quantitative estimate of drug-likeness (QED) is 0.893. The summed E-state index contributed by atoms with van der Waals surface area (Å²) >= 11 is 0. The molecular weight excluding hydrogens is 322 g/mol. The summed E-state index contributed by atoms with van der Waals surface area (Å²) < 4.78 is 13.4. The van der Waals surface area contributed by atoms with Crippen LogP contribution in [0.3, 0.4) is 0 Å². The van der Waals surface area contributed by atoms with Gasteiger partial charge in [-0.3, -0.25) is 0 Å². The summed E-state index contributed by atoms with van der Waals surface area (Å²) in [6.45, 7) is 5.25. The minimum Gasteiger partial charge on any atom is -0.486 e. The van der Waals surface area contributed by atoms with Gasteiger partial charge in [0.15, 0.2) is 23.4 Å². The van der Waals surface area contributed by atoms with E-state index < -0.39 is 0 Å². The van der Waals surface area contributed by atoms with E-state index in [1.165, 1.54) is 0 Å². The molecule has 25 heavy (non-hydrogen) atoms. The maximum atomic E-state index is 12.6. The summed E-state index contributed by atoms with van der Waals surface area (Å²) in [4.78, 5) is 14.3. The van der Waals surface area contributed by atoms with E-state index in [9.17, 15) is 4.79 Å². The van der Waals surface area contributed by atoms with Gasteiger partial charge >= 0.3 is 6.03 Å². The van der Waals surface area contributed by atoms with Crippen LogP contribution in [-0.4, -0.2) is 51.5 Å². The second-order valence-electron chi connectivity index (χ2n) is 6.01. The molecule has 2 aromatic rings. The minimum absolute atomic E-state index is 0.166. The molecule has 134 valence electrons. The van der Waals surface area contributed by atoms with Crippen molar-refractivity contribution in [2.75, 3.05) is 19.7 Å². The van der Waals surface area contributed by atoms with E-state index in [0.29, 0.717) is 31.3 Å². The molecule has 3 rings (SSSR count). The number of fused-ring (bicyclic) bond motifs is 1. The highest BCUT2D eigenvalue weighted by Crippen LogP contribution is 2.31. The molecule has 0 fully saturated rings. The Balaban J connectivity index is 1.59. The Morgan fingerprint density at radius 1 is 1.44 bits per heavy atom. The van der Waals surface area contributed by atoms with Crippen LogP contribution >= 0.6 is 0 Å². The molecule has 0 aliphatic carbocycles. The first-order valence-electron chi connectivity index (χ1n) is 8.36. The van der Waals surface area contributed by atoms with E-state index in [0.717, 1.165) is 5.75 Å². The van der Waals surface area contributed by atoms with Crippen molar-refractivity contribution in [3.63, 3.8) is 0 Å². The zero-order chi connectivity index (χ0) is 17.8. The molecule has 1 N–H and O–H groups in total. The molecule has 0 radical (unpaired) electrons. The van der Waals surface area contributed by atoms with E-state index in [4.69, 9.17) is 9.47 Å². The van der Waals surface area contributed by atoms with Gasteiger partial charge in [0, 0.05) is 13.6 Å². The number of rotatable bonds is 5. The fourth-order valence-electron chi connectivity index (χ4n) is 2.78. The molecule has 0 saturated carbocycles. The third-order valence-corrected chi connectivity index (χ3v) is 4.13. The van der Waals surface area contributed by atoms with Crippen LogP contribution in [-0.2, 0) is 7.05 Å². The zero-order valence-corrected chi connectivity index (χ0v) is 14.7. The van der Waals surface area contributed by atoms with Gasteiger partial charge in [-0.25, -0.2) is 4.79 Å². The fourth-order valence-corrected chi connectivity index (χ4v) is 2.78. The van der Waals surface area contributed by atoms with E-state index in [1.54, 1.807) is 15.8 Å². The molecule has 2 atom stereocenters. The number of hydrogen-bond donors (Lipinski definition) is 1. The Morgan fingerprint density at radius 3 is 2.88 bits per heavy atom. The number of urea groups is 1. The molecule has 8 heteroatoms. The zero-order valence-electron chi connectivity index (χ0n) is 14.7. The molecule has 1 aromatic carbocycles. The van der Waals surface area contributed by atoms with Crippen molar-refractivity contribution in [1.82, 2.24) is 25.0 Å². The Labute approximate surface area is 146 Å². The van der Waals surface area contributed by atoms with Gasteiger partial charge in [0.05, 0.1) is 12.6 Å². The van der Waals surface area contributed by atoms with Gasteiger partial charge < -0.3 is 24.3 Å². The number of ether oxygens (including phenoxy) is 2. The van der Waals surface area contributed by atoms with Gasteiger partial charge in [0.1, 0.15) is 12.9 Å². The van der Waals surface area contributed by atoms with Gasteiger partial charge in [0.2, 0.25) is 0 Å². The van der Waals surface area contributed by atoms with Crippen molar-refractivity contribution < 1.29 is 14.3 Å². The Bertz CT molecular complexity index is 733.